The van der Waals surface area contributed by atoms with Gasteiger partial charge in [0.2, 0.25) is 0 Å². The van der Waals surface area contributed by atoms with Crippen LogP contribution in [-0.4, -0.2) is 19.1 Å². The molecular formula is C14H18N2O2. The van der Waals surface area contributed by atoms with E-state index in [0.29, 0.717) is 0 Å². The van der Waals surface area contributed by atoms with Crippen LogP contribution in [0.1, 0.15) is 11.1 Å². The van der Waals surface area contributed by atoms with Crippen molar-refractivity contribution in [2.75, 3.05) is 19.9 Å². The number of ether oxygens (including phenoxy) is 1. The van der Waals surface area contributed by atoms with Crippen LogP contribution < -0.4 is 10.5 Å². The van der Waals surface area contributed by atoms with Gasteiger partial charge in [0, 0.05) is 24.3 Å². The molecule has 0 aliphatic carbocycles. The quantitative estimate of drug-likeness (QED) is 0.823. The molecule has 2 N–H and O–H groups in total. The van der Waals surface area contributed by atoms with E-state index in [1.165, 1.54) is 0 Å². The van der Waals surface area contributed by atoms with Crippen LogP contribution in [-0.2, 0) is 13.1 Å². The van der Waals surface area contributed by atoms with Gasteiger partial charge in [0.1, 0.15) is 5.75 Å². The Morgan fingerprint density at radius 3 is 2.78 bits per heavy atom. The lowest BCUT2D eigenvalue weighted by Crippen LogP contribution is -2.17. The van der Waals surface area contributed by atoms with Gasteiger partial charge >= 0.3 is 0 Å². The Hall–Kier alpha value is -1.94. The molecule has 2 rings (SSSR count). The molecule has 4 heteroatoms. The zero-order chi connectivity index (χ0) is 13.0. The number of hydrogen-bond donors (Lipinski definition) is 1. The van der Waals surface area contributed by atoms with Crippen molar-refractivity contribution in [1.82, 2.24) is 4.90 Å². The van der Waals surface area contributed by atoms with E-state index in [1.54, 1.807) is 19.6 Å². The molecule has 0 saturated heterocycles. The molecule has 1 aromatic heterocycles. The van der Waals surface area contributed by atoms with E-state index < -0.39 is 0 Å². The van der Waals surface area contributed by atoms with Crippen molar-refractivity contribution in [2.24, 2.45) is 0 Å². The average molecular weight is 246 g/mol. The van der Waals surface area contributed by atoms with Crippen LogP contribution >= 0.6 is 0 Å². The minimum absolute atomic E-state index is 0.772. The molecule has 0 saturated carbocycles. The maximum Gasteiger partial charge on any atom is 0.119 e. The van der Waals surface area contributed by atoms with Crippen LogP contribution in [0.5, 0.6) is 5.75 Å². The summed E-state index contributed by atoms with van der Waals surface area (Å²) in [5, 5.41) is 0. The van der Waals surface area contributed by atoms with Gasteiger partial charge < -0.3 is 14.9 Å². The molecular weight excluding hydrogens is 228 g/mol. The lowest BCUT2D eigenvalue weighted by Gasteiger charge is -2.17. The van der Waals surface area contributed by atoms with Gasteiger partial charge in [-0.15, -0.1) is 0 Å². The van der Waals surface area contributed by atoms with Crippen molar-refractivity contribution in [3.05, 3.63) is 47.9 Å². The highest BCUT2D eigenvalue weighted by molar-refractivity contribution is 5.50. The summed E-state index contributed by atoms with van der Waals surface area (Å²) < 4.78 is 10.3. The number of nitrogens with zero attached hydrogens (tertiary/aromatic N) is 1. The maximum absolute atomic E-state index is 5.97. The van der Waals surface area contributed by atoms with E-state index in [1.807, 2.05) is 31.3 Å². The van der Waals surface area contributed by atoms with Crippen molar-refractivity contribution in [3.63, 3.8) is 0 Å². The monoisotopic (exact) mass is 246 g/mol. The first kappa shape index (κ1) is 12.5. The van der Waals surface area contributed by atoms with E-state index in [0.717, 1.165) is 35.7 Å². The fraction of sp³-hybridized carbons (Fsp3) is 0.286. The zero-order valence-corrected chi connectivity index (χ0v) is 10.7. The van der Waals surface area contributed by atoms with E-state index in [2.05, 4.69) is 4.90 Å². The van der Waals surface area contributed by atoms with E-state index in [-0.39, 0.29) is 0 Å². The highest BCUT2D eigenvalue weighted by atomic mass is 16.5. The number of methoxy groups -OCH3 is 1. The average Bonchev–Trinajstić information content (AvgIpc) is 2.84. The normalized spacial score (nSPS) is 10.8. The third-order valence-corrected chi connectivity index (χ3v) is 2.82. The summed E-state index contributed by atoms with van der Waals surface area (Å²) in [5.74, 6) is 0.830. The molecule has 0 aliphatic heterocycles. The van der Waals surface area contributed by atoms with Crippen LogP contribution in [0.25, 0.3) is 0 Å². The van der Waals surface area contributed by atoms with Crippen molar-refractivity contribution < 1.29 is 9.15 Å². The van der Waals surface area contributed by atoms with Gasteiger partial charge in [0.15, 0.2) is 0 Å². The highest BCUT2D eigenvalue weighted by Crippen LogP contribution is 2.21. The second kappa shape index (κ2) is 5.60. The fourth-order valence-corrected chi connectivity index (χ4v) is 1.89. The fourth-order valence-electron chi connectivity index (χ4n) is 1.89. The standard InChI is InChI=1S/C14H18N2O2/c1-16(8-11-5-6-18-10-11)9-12-7-13(17-2)3-4-14(12)15/h3-7,10H,8-9,15H2,1-2H3. The molecule has 1 aromatic carbocycles. The molecule has 0 bridgehead atoms. The van der Waals surface area contributed by atoms with Gasteiger partial charge in [0.05, 0.1) is 19.6 Å². The van der Waals surface area contributed by atoms with Crippen LogP contribution in [0.2, 0.25) is 0 Å². The molecule has 0 fully saturated rings. The van der Waals surface area contributed by atoms with E-state index in [9.17, 15) is 0 Å². The van der Waals surface area contributed by atoms with Crippen molar-refractivity contribution in [2.45, 2.75) is 13.1 Å². The number of nitrogen functional groups attached to an aromatic ring is 1. The lowest BCUT2D eigenvalue weighted by atomic mass is 10.1. The molecule has 18 heavy (non-hydrogen) atoms. The molecule has 0 aliphatic rings. The number of furan rings is 1. The van der Waals surface area contributed by atoms with Gasteiger partial charge in [-0.05, 0) is 36.9 Å². The Kier molecular flexibility index (Phi) is 3.89. The summed E-state index contributed by atoms with van der Waals surface area (Å²) in [6.45, 7) is 1.60. The lowest BCUT2D eigenvalue weighted by molar-refractivity contribution is 0.317. The predicted molar refractivity (Wildman–Crippen MR) is 71.3 cm³/mol. The number of hydrogen-bond acceptors (Lipinski definition) is 4. The van der Waals surface area contributed by atoms with Crippen molar-refractivity contribution in [3.8, 4) is 5.75 Å². The van der Waals surface area contributed by atoms with Crippen LogP contribution in [0, 0.1) is 0 Å². The topological polar surface area (TPSA) is 51.6 Å². The Balaban J connectivity index is 2.04. The molecule has 96 valence electrons. The Morgan fingerprint density at radius 1 is 1.28 bits per heavy atom. The molecule has 0 spiro atoms. The summed E-state index contributed by atoms with van der Waals surface area (Å²) >= 11 is 0. The van der Waals surface area contributed by atoms with Gasteiger partial charge in [-0.1, -0.05) is 0 Å². The molecule has 0 amide bonds. The first-order chi connectivity index (χ1) is 8.69. The first-order valence-corrected chi connectivity index (χ1v) is 5.81. The smallest absolute Gasteiger partial charge is 0.119 e. The maximum atomic E-state index is 5.97. The second-order valence-electron chi connectivity index (χ2n) is 4.37. The SMILES string of the molecule is COc1ccc(N)c(CN(C)Cc2ccoc2)c1. The number of rotatable bonds is 5. The molecule has 4 nitrogen and oxygen atoms in total. The minimum atomic E-state index is 0.772. The molecule has 2 aromatic rings. The number of anilines is 1. The highest BCUT2D eigenvalue weighted by Gasteiger charge is 2.06. The minimum Gasteiger partial charge on any atom is -0.497 e. The summed E-state index contributed by atoms with van der Waals surface area (Å²) in [6, 6.07) is 7.68. The first-order valence-electron chi connectivity index (χ1n) is 5.81. The summed E-state index contributed by atoms with van der Waals surface area (Å²) in [7, 11) is 3.70. The third kappa shape index (κ3) is 3.05. The van der Waals surface area contributed by atoms with Gasteiger partial charge in [-0.2, -0.15) is 0 Å². The van der Waals surface area contributed by atoms with Gasteiger partial charge in [-0.3, -0.25) is 4.90 Å². The Labute approximate surface area is 107 Å². The van der Waals surface area contributed by atoms with Gasteiger partial charge in [-0.25, -0.2) is 0 Å². The van der Waals surface area contributed by atoms with E-state index >= 15 is 0 Å². The summed E-state index contributed by atoms with van der Waals surface area (Å²) in [4.78, 5) is 2.18. The van der Waals surface area contributed by atoms with E-state index in [4.69, 9.17) is 14.9 Å². The van der Waals surface area contributed by atoms with Crippen LogP contribution in [0.4, 0.5) is 5.69 Å². The second-order valence-corrected chi connectivity index (χ2v) is 4.37. The Morgan fingerprint density at radius 2 is 2.11 bits per heavy atom. The predicted octanol–water partition coefficient (Wildman–Crippen LogP) is 2.50. The van der Waals surface area contributed by atoms with Crippen molar-refractivity contribution in [1.29, 1.82) is 0 Å². The molecule has 0 radical (unpaired) electrons. The van der Waals surface area contributed by atoms with Gasteiger partial charge in [0.25, 0.3) is 0 Å². The molecule has 0 atom stereocenters. The largest absolute Gasteiger partial charge is 0.497 e. The van der Waals surface area contributed by atoms with Crippen LogP contribution in [0.15, 0.2) is 41.2 Å². The molecule has 0 unspecified atom stereocenters. The summed E-state index contributed by atoms with van der Waals surface area (Å²) in [6.07, 6.45) is 3.44. The Bertz CT molecular complexity index is 495. The van der Waals surface area contributed by atoms with Crippen molar-refractivity contribution >= 4 is 5.69 Å². The third-order valence-electron chi connectivity index (χ3n) is 2.82. The number of benzene rings is 1. The zero-order valence-electron chi connectivity index (χ0n) is 10.7. The molecule has 1 heterocycles. The number of nitrogens with two attached hydrogens (primary N) is 1. The van der Waals surface area contributed by atoms with Crippen LogP contribution in [0.3, 0.4) is 0 Å². The summed E-state index contributed by atoms with van der Waals surface area (Å²) in [5.41, 5.74) is 8.97.